The van der Waals surface area contributed by atoms with Crippen molar-refractivity contribution < 1.29 is 0 Å². The van der Waals surface area contributed by atoms with Gasteiger partial charge in [0.25, 0.3) is 0 Å². The van der Waals surface area contributed by atoms with Crippen molar-refractivity contribution in [2.24, 2.45) is 0 Å². The van der Waals surface area contributed by atoms with Crippen LogP contribution in [0.15, 0.2) is 42.5 Å². The summed E-state index contributed by atoms with van der Waals surface area (Å²) in [5, 5.41) is 4.72. The third-order valence-corrected chi connectivity index (χ3v) is 4.14. The molecule has 0 bridgehead atoms. The highest BCUT2D eigenvalue weighted by molar-refractivity contribution is 6.42. The molecule has 0 heterocycles. The molecule has 0 aliphatic rings. The number of hydrogen-bond donors (Lipinski definition) is 1. The Morgan fingerprint density at radius 3 is 2.53 bits per heavy atom. The number of aryl methyl sites for hydroxylation is 1. The molecular formula is C16H17Cl2N. The van der Waals surface area contributed by atoms with Crippen LogP contribution in [0.25, 0.3) is 0 Å². The van der Waals surface area contributed by atoms with Gasteiger partial charge in [-0.25, -0.2) is 0 Å². The van der Waals surface area contributed by atoms with E-state index in [1.54, 1.807) is 6.07 Å². The molecule has 1 atom stereocenters. The van der Waals surface area contributed by atoms with Crippen molar-refractivity contribution in [1.29, 1.82) is 0 Å². The Morgan fingerprint density at radius 2 is 1.79 bits per heavy atom. The first-order valence-corrected chi connectivity index (χ1v) is 7.07. The SMILES string of the molecule is Cc1ccccc1[C@@H](C)NCc1cccc(Cl)c1Cl. The van der Waals surface area contributed by atoms with E-state index in [2.05, 4.69) is 43.4 Å². The van der Waals surface area contributed by atoms with Crippen molar-refractivity contribution in [3.8, 4) is 0 Å². The molecule has 0 fully saturated rings. The molecule has 0 spiro atoms. The third-order valence-electron chi connectivity index (χ3n) is 3.29. The zero-order valence-electron chi connectivity index (χ0n) is 11.1. The van der Waals surface area contributed by atoms with Crippen LogP contribution in [0, 0.1) is 6.92 Å². The Labute approximate surface area is 124 Å². The van der Waals surface area contributed by atoms with Crippen LogP contribution in [0.2, 0.25) is 10.0 Å². The quantitative estimate of drug-likeness (QED) is 0.822. The predicted octanol–water partition coefficient (Wildman–Crippen LogP) is 5.15. The number of hydrogen-bond acceptors (Lipinski definition) is 1. The molecule has 0 aromatic heterocycles. The van der Waals surface area contributed by atoms with E-state index in [4.69, 9.17) is 23.2 Å². The van der Waals surface area contributed by atoms with Crippen molar-refractivity contribution in [2.75, 3.05) is 0 Å². The van der Waals surface area contributed by atoms with Crippen molar-refractivity contribution in [2.45, 2.75) is 26.4 Å². The lowest BCUT2D eigenvalue weighted by molar-refractivity contribution is 0.572. The topological polar surface area (TPSA) is 12.0 Å². The monoisotopic (exact) mass is 293 g/mol. The minimum atomic E-state index is 0.274. The summed E-state index contributed by atoms with van der Waals surface area (Å²) in [7, 11) is 0. The second-order valence-electron chi connectivity index (χ2n) is 4.67. The smallest absolute Gasteiger partial charge is 0.0637 e. The average molecular weight is 294 g/mol. The van der Waals surface area contributed by atoms with E-state index in [0.29, 0.717) is 16.6 Å². The van der Waals surface area contributed by atoms with E-state index in [0.717, 1.165) is 5.56 Å². The van der Waals surface area contributed by atoms with Crippen molar-refractivity contribution in [3.63, 3.8) is 0 Å². The van der Waals surface area contributed by atoms with Crippen LogP contribution < -0.4 is 5.32 Å². The number of benzene rings is 2. The van der Waals surface area contributed by atoms with Crippen molar-refractivity contribution in [3.05, 3.63) is 69.2 Å². The highest BCUT2D eigenvalue weighted by Gasteiger charge is 2.09. The van der Waals surface area contributed by atoms with Gasteiger partial charge in [-0.2, -0.15) is 0 Å². The molecule has 0 aliphatic carbocycles. The van der Waals surface area contributed by atoms with Crippen LogP contribution in [0.4, 0.5) is 0 Å². The Morgan fingerprint density at radius 1 is 1.05 bits per heavy atom. The Hall–Kier alpha value is -1.02. The van der Waals surface area contributed by atoms with E-state index in [-0.39, 0.29) is 6.04 Å². The Bertz CT molecular complexity index is 566. The third kappa shape index (κ3) is 3.50. The summed E-state index contributed by atoms with van der Waals surface area (Å²) in [6.07, 6.45) is 0. The average Bonchev–Trinajstić information content (AvgIpc) is 2.40. The van der Waals surface area contributed by atoms with Gasteiger partial charge in [0.05, 0.1) is 10.0 Å². The molecule has 0 unspecified atom stereocenters. The van der Waals surface area contributed by atoms with E-state index >= 15 is 0 Å². The molecular weight excluding hydrogens is 277 g/mol. The largest absolute Gasteiger partial charge is 0.306 e. The summed E-state index contributed by atoms with van der Waals surface area (Å²) in [6, 6.07) is 14.4. The van der Waals surface area contributed by atoms with Gasteiger partial charge in [-0.05, 0) is 36.6 Å². The predicted molar refractivity (Wildman–Crippen MR) is 82.9 cm³/mol. The fourth-order valence-electron chi connectivity index (χ4n) is 2.13. The summed E-state index contributed by atoms with van der Waals surface area (Å²) in [4.78, 5) is 0. The van der Waals surface area contributed by atoms with Gasteiger partial charge >= 0.3 is 0 Å². The van der Waals surface area contributed by atoms with Gasteiger partial charge in [0.1, 0.15) is 0 Å². The zero-order chi connectivity index (χ0) is 13.8. The van der Waals surface area contributed by atoms with Gasteiger partial charge in [0.2, 0.25) is 0 Å². The number of rotatable bonds is 4. The van der Waals surface area contributed by atoms with Crippen LogP contribution in [0.3, 0.4) is 0 Å². The van der Waals surface area contributed by atoms with Crippen LogP contribution in [-0.2, 0) is 6.54 Å². The normalized spacial score (nSPS) is 12.4. The van der Waals surface area contributed by atoms with Crippen LogP contribution in [0.1, 0.15) is 29.7 Å². The van der Waals surface area contributed by atoms with Crippen molar-refractivity contribution >= 4 is 23.2 Å². The molecule has 2 aromatic rings. The maximum absolute atomic E-state index is 6.18. The molecule has 3 heteroatoms. The van der Waals surface area contributed by atoms with Gasteiger partial charge in [0, 0.05) is 12.6 Å². The lowest BCUT2D eigenvalue weighted by Crippen LogP contribution is -2.19. The van der Waals surface area contributed by atoms with Gasteiger partial charge in [0.15, 0.2) is 0 Å². The maximum Gasteiger partial charge on any atom is 0.0637 e. The molecule has 0 radical (unpaired) electrons. The highest BCUT2D eigenvalue weighted by Crippen LogP contribution is 2.26. The van der Waals surface area contributed by atoms with Gasteiger partial charge in [-0.1, -0.05) is 59.6 Å². The molecule has 1 nitrogen and oxygen atoms in total. The zero-order valence-corrected chi connectivity index (χ0v) is 12.6. The molecule has 0 aliphatic heterocycles. The van der Waals surface area contributed by atoms with Crippen molar-refractivity contribution in [1.82, 2.24) is 5.32 Å². The van der Waals surface area contributed by atoms with E-state index < -0.39 is 0 Å². The first-order valence-electron chi connectivity index (χ1n) is 6.31. The fraction of sp³-hybridized carbons (Fsp3) is 0.250. The fourth-order valence-corrected chi connectivity index (χ4v) is 2.52. The van der Waals surface area contributed by atoms with Crippen LogP contribution in [-0.4, -0.2) is 0 Å². The summed E-state index contributed by atoms with van der Waals surface area (Å²) in [5.74, 6) is 0. The minimum Gasteiger partial charge on any atom is -0.306 e. The Balaban J connectivity index is 2.07. The summed E-state index contributed by atoms with van der Waals surface area (Å²) >= 11 is 12.2. The Kier molecular flexibility index (Phi) is 4.87. The molecule has 1 N–H and O–H groups in total. The molecule has 2 rings (SSSR count). The first kappa shape index (κ1) is 14.4. The first-order chi connectivity index (χ1) is 9.09. The second-order valence-corrected chi connectivity index (χ2v) is 5.46. The number of halogens is 2. The number of nitrogens with one attached hydrogen (secondary N) is 1. The second kappa shape index (κ2) is 6.42. The molecule has 2 aromatic carbocycles. The van der Waals surface area contributed by atoms with E-state index in [9.17, 15) is 0 Å². The maximum atomic E-state index is 6.18. The molecule has 0 saturated carbocycles. The highest BCUT2D eigenvalue weighted by atomic mass is 35.5. The standard InChI is InChI=1S/C16H17Cl2N/c1-11-6-3-4-8-14(11)12(2)19-10-13-7-5-9-15(17)16(13)18/h3-9,12,19H,10H2,1-2H3/t12-/m1/s1. The molecule has 0 amide bonds. The summed E-state index contributed by atoms with van der Waals surface area (Å²) < 4.78 is 0. The van der Waals surface area contributed by atoms with Gasteiger partial charge < -0.3 is 5.32 Å². The van der Waals surface area contributed by atoms with Gasteiger partial charge in [-0.3, -0.25) is 0 Å². The molecule has 19 heavy (non-hydrogen) atoms. The minimum absolute atomic E-state index is 0.274. The van der Waals surface area contributed by atoms with Gasteiger partial charge in [-0.15, -0.1) is 0 Å². The molecule has 0 saturated heterocycles. The van der Waals surface area contributed by atoms with Crippen LogP contribution in [0.5, 0.6) is 0 Å². The van der Waals surface area contributed by atoms with Crippen LogP contribution >= 0.6 is 23.2 Å². The van der Waals surface area contributed by atoms with E-state index in [1.165, 1.54) is 11.1 Å². The summed E-state index contributed by atoms with van der Waals surface area (Å²) in [6.45, 7) is 4.98. The van der Waals surface area contributed by atoms with E-state index in [1.807, 2.05) is 12.1 Å². The molecule has 100 valence electrons. The lowest BCUT2D eigenvalue weighted by atomic mass is 10.0. The lowest BCUT2D eigenvalue weighted by Gasteiger charge is -2.17. The summed E-state index contributed by atoms with van der Waals surface area (Å²) in [5.41, 5.74) is 3.62.